The van der Waals surface area contributed by atoms with Crippen LogP contribution in [-0.2, 0) is 17.6 Å². The number of ketones is 1. The first kappa shape index (κ1) is 12.4. The van der Waals surface area contributed by atoms with Gasteiger partial charge in [-0.1, -0.05) is 48.0 Å². The summed E-state index contributed by atoms with van der Waals surface area (Å²) in [5.74, 6) is 0.295. The number of benzene rings is 2. The van der Waals surface area contributed by atoms with Crippen molar-refractivity contribution in [3.8, 4) is 0 Å². The monoisotopic (exact) mass is 270 g/mol. The third-order valence-corrected chi connectivity index (χ3v) is 4.03. The second kappa shape index (κ2) is 5.18. The lowest BCUT2D eigenvalue weighted by molar-refractivity contribution is -0.120. The molecule has 1 aliphatic rings. The molecule has 2 aromatic carbocycles. The molecule has 0 bridgehead atoms. The highest BCUT2D eigenvalue weighted by atomic mass is 35.5. The van der Waals surface area contributed by atoms with E-state index in [1.807, 2.05) is 30.3 Å². The van der Waals surface area contributed by atoms with Crippen molar-refractivity contribution in [2.24, 2.45) is 0 Å². The van der Waals surface area contributed by atoms with E-state index in [9.17, 15) is 4.79 Å². The minimum Gasteiger partial charge on any atom is -0.299 e. The summed E-state index contributed by atoms with van der Waals surface area (Å²) in [4.78, 5) is 12.2. The third-order valence-electron chi connectivity index (χ3n) is 3.80. The maximum absolute atomic E-state index is 12.2. The smallest absolute Gasteiger partial charge is 0.141 e. The van der Waals surface area contributed by atoms with Gasteiger partial charge in [-0.25, -0.2) is 0 Å². The predicted octanol–water partition coefficient (Wildman–Crippen LogP) is 4.18. The van der Waals surface area contributed by atoms with Crippen LogP contribution in [0, 0.1) is 0 Å². The molecular formula is C17H15ClO. The number of rotatable bonds is 2. The Balaban J connectivity index is 1.97. The van der Waals surface area contributed by atoms with Gasteiger partial charge in [0.05, 0.1) is 0 Å². The first-order chi connectivity index (χ1) is 9.24. The number of hydrogen-bond donors (Lipinski definition) is 0. The van der Waals surface area contributed by atoms with E-state index in [-0.39, 0.29) is 5.92 Å². The third kappa shape index (κ3) is 2.57. The van der Waals surface area contributed by atoms with Gasteiger partial charge >= 0.3 is 0 Å². The number of hydrogen-bond acceptors (Lipinski definition) is 1. The summed E-state index contributed by atoms with van der Waals surface area (Å²) in [5, 5.41) is 0.714. The molecule has 1 aliphatic carbocycles. The van der Waals surface area contributed by atoms with Crippen LogP contribution in [0.5, 0.6) is 0 Å². The molecular weight excluding hydrogens is 256 g/mol. The van der Waals surface area contributed by atoms with Crippen molar-refractivity contribution in [1.82, 2.24) is 0 Å². The maximum atomic E-state index is 12.2. The van der Waals surface area contributed by atoms with E-state index in [1.165, 1.54) is 11.1 Å². The van der Waals surface area contributed by atoms with Gasteiger partial charge in [0, 0.05) is 17.4 Å². The second-order valence-electron chi connectivity index (χ2n) is 5.05. The molecule has 1 atom stereocenters. The van der Waals surface area contributed by atoms with Gasteiger partial charge in [0.25, 0.3) is 0 Å². The summed E-state index contributed by atoms with van der Waals surface area (Å²) in [6.45, 7) is 0. The van der Waals surface area contributed by atoms with E-state index in [0.29, 0.717) is 17.2 Å². The Kier molecular flexibility index (Phi) is 3.39. The highest BCUT2D eigenvalue weighted by Crippen LogP contribution is 2.33. The number of aryl methyl sites for hydroxylation is 1. The fraction of sp³-hybridized carbons (Fsp3) is 0.235. The van der Waals surface area contributed by atoms with Gasteiger partial charge in [-0.05, 0) is 41.7 Å². The Labute approximate surface area is 118 Å². The molecule has 0 aliphatic heterocycles. The molecule has 3 rings (SSSR count). The molecule has 0 saturated heterocycles. The molecule has 0 radical (unpaired) electrons. The van der Waals surface area contributed by atoms with Crippen LogP contribution < -0.4 is 0 Å². The molecule has 19 heavy (non-hydrogen) atoms. The highest BCUT2D eigenvalue weighted by molar-refractivity contribution is 6.30. The molecule has 1 unspecified atom stereocenters. The first-order valence-electron chi connectivity index (χ1n) is 6.59. The summed E-state index contributed by atoms with van der Waals surface area (Å²) in [6, 6.07) is 16.1. The zero-order valence-electron chi connectivity index (χ0n) is 10.6. The molecule has 0 spiro atoms. The molecule has 1 nitrogen and oxygen atoms in total. The standard InChI is InChI=1S/C17H15ClO/c18-14-8-6-13-7-9-17(19)16(15(13)11-14)10-12-4-2-1-3-5-12/h1-6,8,11,16H,7,9-10H2. The summed E-state index contributed by atoms with van der Waals surface area (Å²) < 4.78 is 0. The van der Waals surface area contributed by atoms with Crippen molar-refractivity contribution in [3.05, 3.63) is 70.2 Å². The number of Topliss-reactive ketones (excluding diaryl/α,β-unsaturated/α-hetero) is 1. The van der Waals surface area contributed by atoms with Gasteiger partial charge in [-0.15, -0.1) is 0 Å². The van der Waals surface area contributed by atoms with Crippen LogP contribution in [0.1, 0.15) is 29.0 Å². The molecule has 0 saturated carbocycles. The van der Waals surface area contributed by atoms with E-state index in [2.05, 4.69) is 18.2 Å². The Morgan fingerprint density at radius 1 is 1.05 bits per heavy atom. The Morgan fingerprint density at radius 2 is 1.84 bits per heavy atom. The van der Waals surface area contributed by atoms with Crippen LogP contribution in [0.3, 0.4) is 0 Å². The lowest BCUT2D eigenvalue weighted by atomic mass is 9.79. The van der Waals surface area contributed by atoms with Crippen LogP contribution in [-0.4, -0.2) is 5.78 Å². The second-order valence-corrected chi connectivity index (χ2v) is 5.49. The average Bonchev–Trinajstić information content (AvgIpc) is 2.43. The van der Waals surface area contributed by atoms with Crippen molar-refractivity contribution in [1.29, 1.82) is 0 Å². The Morgan fingerprint density at radius 3 is 2.63 bits per heavy atom. The molecule has 0 amide bonds. The van der Waals surface area contributed by atoms with Crippen LogP contribution in [0.15, 0.2) is 48.5 Å². The van der Waals surface area contributed by atoms with Crippen LogP contribution in [0.4, 0.5) is 0 Å². The molecule has 2 heteroatoms. The summed E-state index contributed by atoms with van der Waals surface area (Å²) in [5.41, 5.74) is 3.59. The van der Waals surface area contributed by atoms with Crippen molar-refractivity contribution >= 4 is 17.4 Å². The molecule has 0 N–H and O–H groups in total. The Bertz CT molecular complexity index is 604. The summed E-state index contributed by atoms with van der Waals surface area (Å²) in [6.07, 6.45) is 2.26. The fourth-order valence-corrected chi connectivity index (χ4v) is 2.98. The molecule has 2 aromatic rings. The van der Waals surface area contributed by atoms with Gasteiger partial charge in [-0.2, -0.15) is 0 Å². The minimum atomic E-state index is -0.0372. The quantitative estimate of drug-likeness (QED) is 0.800. The van der Waals surface area contributed by atoms with Crippen LogP contribution in [0.2, 0.25) is 5.02 Å². The molecule has 0 heterocycles. The lowest BCUT2D eigenvalue weighted by Gasteiger charge is -2.24. The number of fused-ring (bicyclic) bond motifs is 1. The summed E-state index contributed by atoms with van der Waals surface area (Å²) >= 11 is 6.08. The van der Waals surface area contributed by atoms with E-state index >= 15 is 0 Å². The predicted molar refractivity (Wildman–Crippen MR) is 77.7 cm³/mol. The molecule has 0 aromatic heterocycles. The number of carbonyl (C=O) groups excluding carboxylic acids is 1. The topological polar surface area (TPSA) is 17.1 Å². The zero-order valence-corrected chi connectivity index (χ0v) is 11.4. The van der Waals surface area contributed by atoms with E-state index in [4.69, 9.17) is 11.6 Å². The largest absolute Gasteiger partial charge is 0.299 e. The van der Waals surface area contributed by atoms with Crippen LogP contribution in [0.25, 0.3) is 0 Å². The summed E-state index contributed by atoms with van der Waals surface area (Å²) in [7, 11) is 0. The highest BCUT2D eigenvalue weighted by Gasteiger charge is 2.27. The van der Waals surface area contributed by atoms with E-state index in [0.717, 1.165) is 18.4 Å². The molecule has 0 fully saturated rings. The zero-order chi connectivity index (χ0) is 13.2. The van der Waals surface area contributed by atoms with E-state index in [1.54, 1.807) is 0 Å². The van der Waals surface area contributed by atoms with Crippen molar-refractivity contribution in [3.63, 3.8) is 0 Å². The maximum Gasteiger partial charge on any atom is 0.141 e. The first-order valence-corrected chi connectivity index (χ1v) is 6.97. The van der Waals surface area contributed by atoms with Crippen molar-refractivity contribution in [2.75, 3.05) is 0 Å². The van der Waals surface area contributed by atoms with Crippen molar-refractivity contribution in [2.45, 2.75) is 25.2 Å². The van der Waals surface area contributed by atoms with Gasteiger partial charge in [0.15, 0.2) is 0 Å². The number of halogens is 1. The van der Waals surface area contributed by atoms with Gasteiger partial charge < -0.3 is 0 Å². The fourth-order valence-electron chi connectivity index (χ4n) is 2.80. The normalized spacial score (nSPS) is 18.2. The Hall–Kier alpha value is -1.60. The minimum absolute atomic E-state index is 0.0372. The SMILES string of the molecule is O=C1CCc2ccc(Cl)cc2C1Cc1ccccc1. The average molecular weight is 271 g/mol. The van der Waals surface area contributed by atoms with Gasteiger partial charge in [0.1, 0.15) is 5.78 Å². The number of carbonyl (C=O) groups is 1. The van der Waals surface area contributed by atoms with Crippen LogP contribution >= 0.6 is 11.6 Å². The van der Waals surface area contributed by atoms with E-state index < -0.39 is 0 Å². The molecule has 96 valence electrons. The van der Waals surface area contributed by atoms with Gasteiger partial charge in [-0.3, -0.25) is 4.79 Å². The lowest BCUT2D eigenvalue weighted by Crippen LogP contribution is -2.22. The van der Waals surface area contributed by atoms with Crippen molar-refractivity contribution < 1.29 is 4.79 Å². The van der Waals surface area contributed by atoms with Gasteiger partial charge in [0.2, 0.25) is 0 Å².